The highest BCUT2D eigenvalue weighted by molar-refractivity contribution is 9.10. The summed E-state index contributed by atoms with van der Waals surface area (Å²) in [5, 5.41) is 0. The van der Waals surface area contributed by atoms with E-state index in [2.05, 4.69) is 21.4 Å². The van der Waals surface area contributed by atoms with Crippen LogP contribution < -0.4 is 11.3 Å². The smallest absolute Gasteiger partial charge is 0.265 e. The lowest BCUT2D eigenvalue weighted by molar-refractivity contribution is 0.0614. The molecule has 0 bridgehead atoms. The molecule has 0 unspecified atom stereocenters. The van der Waals surface area contributed by atoms with Gasteiger partial charge in [0.15, 0.2) is 0 Å². The molecular weight excluding hydrogens is 288 g/mol. The van der Waals surface area contributed by atoms with Crippen LogP contribution >= 0.6 is 15.9 Å². The Balaban J connectivity index is 2.60. The van der Waals surface area contributed by atoms with Gasteiger partial charge < -0.3 is 9.47 Å². The Labute approximate surface area is 108 Å². The maximum Gasteiger partial charge on any atom is 0.265 e. The van der Waals surface area contributed by atoms with Crippen LogP contribution in [0.25, 0.3) is 0 Å². The molecule has 0 heterocycles. The number of hydrazine groups is 1. The maximum absolute atomic E-state index is 11.3. The fourth-order valence-corrected chi connectivity index (χ4v) is 1.71. The van der Waals surface area contributed by atoms with Gasteiger partial charge in [-0.2, -0.15) is 0 Å². The number of carbonyl (C=O) groups is 1. The molecule has 0 aliphatic heterocycles. The SMILES string of the molecule is COCCOCc1ccc(C(=O)NN)cc1Br. The van der Waals surface area contributed by atoms with Crippen LogP contribution in [-0.2, 0) is 16.1 Å². The van der Waals surface area contributed by atoms with Gasteiger partial charge in [-0.05, 0) is 17.7 Å². The monoisotopic (exact) mass is 302 g/mol. The first kappa shape index (κ1) is 14.1. The number of halogens is 1. The molecule has 5 nitrogen and oxygen atoms in total. The largest absolute Gasteiger partial charge is 0.382 e. The average Bonchev–Trinajstić information content (AvgIpc) is 2.35. The van der Waals surface area contributed by atoms with Crippen molar-refractivity contribution in [2.24, 2.45) is 5.84 Å². The number of methoxy groups -OCH3 is 1. The lowest BCUT2D eigenvalue weighted by Crippen LogP contribution is -2.29. The molecule has 0 saturated carbocycles. The van der Waals surface area contributed by atoms with Gasteiger partial charge in [0.1, 0.15) is 0 Å². The Hall–Kier alpha value is -0.950. The second-order valence-corrected chi connectivity index (χ2v) is 4.18. The second kappa shape index (κ2) is 7.39. The highest BCUT2D eigenvalue weighted by Crippen LogP contribution is 2.19. The molecule has 1 aromatic carbocycles. The molecule has 0 atom stereocenters. The zero-order valence-electron chi connectivity index (χ0n) is 9.53. The maximum atomic E-state index is 11.3. The minimum Gasteiger partial charge on any atom is -0.382 e. The molecule has 0 fully saturated rings. The lowest BCUT2D eigenvalue weighted by atomic mass is 10.1. The number of ether oxygens (including phenoxy) is 2. The Morgan fingerprint density at radius 2 is 2.24 bits per heavy atom. The number of carbonyl (C=O) groups excluding carboxylic acids is 1. The molecule has 0 aliphatic rings. The zero-order chi connectivity index (χ0) is 12.7. The molecule has 0 saturated heterocycles. The molecule has 0 radical (unpaired) electrons. The number of benzene rings is 1. The van der Waals surface area contributed by atoms with E-state index in [1.54, 1.807) is 19.2 Å². The van der Waals surface area contributed by atoms with E-state index in [0.717, 1.165) is 10.0 Å². The average molecular weight is 303 g/mol. The molecule has 0 aliphatic carbocycles. The number of nitrogen functional groups attached to an aromatic ring is 1. The summed E-state index contributed by atoms with van der Waals surface area (Å²) in [6.45, 7) is 1.56. The van der Waals surface area contributed by atoms with E-state index in [1.807, 2.05) is 6.07 Å². The van der Waals surface area contributed by atoms with E-state index < -0.39 is 0 Å². The highest BCUT2D eigenvalue weighted by atomic mass is 79.9. The number of amides is 1. The highest BCUT2D eigenvalue weighted by Gasteiger charge is 2.07. The van der Waals surface area contributed by atoms with Gasteiger partial charge in [-0.15, -0.1) is 0 Å². The molecule has 0 aromatic heterocycles. The van der Waals surface area contributed by atoms with Crippen LogP contribution in [0.15, 0.2) is 22.7 Å². The van der Waals surface area contributed by atoms with E-state index in [1.165, 1.54) is 0 Å². The van der Waals surface area contributed by atoms with Gasteiger partial charge in [0.05, 0.1) is 19.8 Å². The first-order chi connectivity index (χ1) is 8.19. The predicted molar refractivity (Wildman–Crippen MR) is 67.3 cm³/mol. The number of hydrogen-bond donors (Lipinski definition) is 2. The van der Waals surface area contributed by atoms with Crippen molar-refractivity contribution in [1.29, 1.82) is 0 Å². The van der Waals surface area contributed by atoms with E-state index in [-0.39, 0.29) is 5.91 Å². The van der Waals surface area contributed by atoms with Crippen LogP contribution in [0, 0.1) is 0 Å². The van der Waals surface area contributed by atoms with Crippen molar-refractivity contribution >= 4 is 21.8 Å². The van der Waals surface area contributed by atoms with Crippen LogP contribution in [0.5, 0.6) is 0 Å². The van der Waals surface area contributed by atoms with Gasteiger partial charge in [0.25, 0.3) is 5.91 Å². The first-order valence-electron chi connectivity index (χ1n) is 5.05. The van der Waals surface area contributed by atoms with Gasteiger partial charge in [-0.25, -0.2) is 5.84 Å². The predicted octanol–water partition coefficient (Wildman–Crippen LogP) is 1.22. The molecule has 0 spiro atoms. The summed E-state index contributed by atoms with van der Waals surface area (Å²) in [4.78, 5) is 11.3. The molecule has 1 rings (SSSR count). The third-order valence-corrected chi connectivity index (χ3v) is 2.87. The number of rotatable bonds is 6. The molecule has 1 amide bonds. The topological polar surface area (TPSA) is 73.6 Å². The fourth-order valence-electron chi connectivity index (χ4n) is 1.21. The van der Waals surface area contributed by atoms with Crippen molar-refractivity contribution in [3.8, 4) is 0 Å². The summed E-state index contributed by atoms with van der Waals surface area (Å²) in [6.07, 6.45) is 0. The lowest BCUT2D eigenvalue weighted by Gasteiger charge is -2.07. The molecule has 1 aromatic rings. The van der Waals surface area contributed by atoms with Gasteiger partial charge in [0.2, 0.25) is 0 Å². The van der Waals surface area contributed by atoms with Crippen LogP contribution in [0.2, 0.25) is 0 Å². The standard InChI is InChI=1S/C11H15BrN2O3/c1-16-4-5-17-7-9-3-2-8(6-10(9)12)11(15)14-13/h2-3,6H,4-5,7,13H2,1H3,(H,14,15). The van der Waals surface area contributed by atoms with Gasteiger partial charge in [-0.3, -0.25) is 10.2 Å². The van der Waals surface area contributed by atoms with Crippen molar-refractivity contribution in [2.75, 3.05) is 20.3 Å². The molecule has 94 valence electrons. The van der Waals surface area contributed by atoms with Crippen molar-refractivity contribution < 1.29 is 14.3 Å². The Morgan fingerprint density at radius 3 is 2.82 bits per heavy atom. The number of nitrogens with one attached hydrogen (secondary N) is 1. The quantitative estimate of drug-likeness (QED) is 0.359. The summed E-state index contributed by atoms with van der Waals surface area (Å²) < 4.78 is 11.1. The Morgan fingerprint density at radius 1 is 1.47 bits per heavy atom. The van der Waals surface area contributed by atoms with E-state index in [9.17, 15) is 4.79 Å². The number of nitrogens with two attached hydrogens (primary N) is 1. The van der Waals surface area contributed by atoms with Crippen LogP contribution in [0.1, 0.15) is 15.9 Å². The molecule has 17 heavy (non-hydrogen) atoms. The summed E-state index contributed by atoms with van der Waals surface area (Å²) >= 11 is 3.38. The van der Waals surface area contributed by atoms with Crippen molar-refractivity contribution in [3.05, 3.63) is 33.8 Å². The third kappa shape index (κ3) is 4.43. The zero-order valence-corrected chi connectivity index (χ0v) is 11.1. The molecule has 6 heteroatoms. The Bertz CT molecular complexity index is 385. The minimum atomic E-state index is -0.322. The normalized spacial score (nSPS) is 10.3. The summed E-state index contributed by atoms with van der Waals surface area (Å²) in [6, 6.07) is 5.22. The van der Waals surface area contributed by atoms with Crippen LogP contribution in [0.3, 0.4) is 0 Å². The van der Waals surface area contributed by atoms with Crippen molar-refractivity contribution in [2.45, 2.75) is 6.61 Å². The van der Waals surface area contributed by atoms with Gasteiger partial charge in [0, 0.05) is 17.1 Å². The third-order valence-electron chi connectivity index (χ3n) is 2.14. The van der Waals surface area contributed by atoms with Gasteiger partial charge in [-0.1, -0.05) is 22.0 Å². The minimum absolute atomic E-state index is 0.322. The van der Waals surface area contributed by atoms with E-state index in [0.29, 0.717) is 25.4 Å². The Kier molecular flexibility index (Phi) is 6.13. The van der Waals surface area contributed by atoms with E-state index >= 15 is 0 Å². The molecular formula is C11H15BrN2O3. The van der Waals surface area contributed by atoms with Crippen LogP contribution in [0.4, 0.5) is 0 Å². The molecule has 3 N–H and O–H groups in total. The van der Waals surface area contributed by atoms with E-state index in [4.69, 9.17) is 15.3 Å². The summed E-state index contributed by atoms with van der Waals surface area (Å²) in [5.41, 5.74) is 3.55. The van der Waals surface area contributed by atoms with Crippen LogP contribution in [-0.4, -0.2) is 26.2 Å². The second-order valence-electron chi connectivity index (χ2n) is 3.33. The van der Waals surface area contributed by atoms with Gasteiger partial charge >= 0.3 is 0 Å². The fraction of sp³-hybridized carbons (Fsp3) is 0.364. The summed E-state index contributed by atoms with van der Waals surface area (Å²) in [5.74, 6) is 4.73. The number of hydrogen-bond acceptors (Lipinski definition) is 4. The van der Waals surface area contributed by atoms with Crippen molar-refractivity contribution in [1.82, 2.24) is 5.43 Å². The summed E-state index contributed by atoms with van der Waals surface area (Å²) in [7, 11) is 1.62. The van der Waals surface area contributed by atoms with Crippen molar-refractivity contribution in [3.63, 3.8) is 0 Å². The first-order valence-corrected chi connectivity index (χ1v) is 5.84.